The molecule has 0 spiro atoms. The van der Waals surface area contributed by atoms with Crippen molar-refractivity contribution in [2.75, 3.05) is 0 Å². The van der Waals surface area contributed by atoms with Gasteiger partial charge in [0.25, 0.3) is 0 Å². The Labute approximate surface area is 103 Å². The van der Waals surface area contributed by atoms with E-state index in [2.05, 4.69) is 4.98 Å². The number of hydrogen-bond acceptors (Lipinski definition) is 2. The maximum Gasteiger partial charge on any atom is 0.336 e. The largest absolute Gasteiger partial charge is 0.478 e. The van der Waals surface area contributed by atoms with Gasteiger partial charge in [0.2, 0.25) is 0 Å². The van der Waals surface area contributed by atoms with Gasteiger partial charge in [0.1, 0.15) is 5.82 Å². The monoisotopic (exact) mass is 245 g/mol. The lowest BCUT2D eigenvalue weighted by Crippen LogP contribution is -2.06. The highest BCUT2D eigenvalue weighted by molar-refractivity contribution is 6.04. The quantitative estimate of drug-likeness (QED) is 0.883. The van der Waals surface area contributed by atoms with Crippen LogP contribution in [0.15, 0.2) is 18.2 Å². The molecule has 0 aliphatic heterocycles. The number of pyridine rings is 1. The minimum Gasteiger partial charge on any atom is -0.478 e. The summed E-state index contributed by atoms with van der Waals surface area (Å²) >= 11 is 0. The number of aromatic carboxylic acids is 1. The van der Waals surface area contributed by atoms with Crippen molar-refractivity contribution in [2.24, 2.45) is 0 Å². The van der Waals surface area contributed by atoms with Gasteiger partial charge in [-0.3, -0.25) is 4.98 Å². The van der Waals surface area contributed by atoms with Crippen molar-refractivity contribution < 1.29 is 14.3 Å². The molecule has 1 N–H and O–H groups in total. The van der Waals surface area contributed by atoms with Crippen molar-refractivity contribution >= 4 is 16.9 Å². The van der Waals surface area contributed by atoms with E-state index in [0.29, 0.717) is 22.4 Å². The van der Waals surface area contributed by atoms with Crippen LogP contribution in [-0.4, -0.2) is 16.1 Å². The summed E-state index contributed by atoms with van der Waals surface area (Å²) in [4.78, 5) is 15.8. The van der Waals surface area contributed by atoms with Gasteiger partial charge in [-0.25, -0.2) is 9.18 Å². The minimum atomic E-state index is -0.978. The van der Waals surface area contributed by atoms with Gasteiger partial charge in [0, 0.05) is 23.1 Å². The summed E-state index contributed by atoms with van der Waals surface area (Å²) in [6.45, 7) is 1.78. The van der Waals surface area contributed by atoms with E-state index >= 15 is 0 Å². The number of carboxylic acid groups (broad SMARTS) is 1. The number of fused-ring (bicyclic) bond motifs is 1. The Bertz CT molecular complexity index is 662. The molecule has 3 rings (SSSR count). The summed E-state index contributed by atoms with van der Waals surface area (Å²) in [5, 5.41) is 9.84. The molecule has 18 heavy (non-hydrogen) atoms. The molecule has 1 aromatic carbocycles. The molecule has 1 saturated carbocycles. The van der Waals surface area contributed by atoms with Crippen LogP contribution in [0.5, 0.6) is 0 Å². The molecule has 4 heteroatoms. The Kier molecular flexibility index (Phi) is 2.33. The Morgan fingerprint density at radius 2 is 2.17 bits per heavy atom. The maximum atomic E-state index is 13.2. The van der Waals surface area contributed by atoms with Crippen LogP contribution >= 0.6 is 0 Å². The molecular weight excluding hydrogens is 233 g/mol. The molecule has 0 unspecified atom stereocenters. The number of hydrogen-bond donors (Lipinski definition) is 1. The topological polar surface area (TPSA) is 50.2 Å². The van der Waals surface area contributed by atoms with Crippen LogP contribution in [0.2, 0.25) is 0 Å². The molecule has 0 saturated heterocycles. The van der Waals surface area contributed by atoms with E-state index < -0.39 is 11.8 Å². The van der Waals surface area contributed by atoms with Gasteiger partial charge in [-0.2, -0.15) is 0 Å². The molecule has 0 radical (unpaired) electrons. The van der Waals surface area contributed by atoms with Crippen molar-refractivity contribution in [3.05, 3.63) is 40.8 Å². The second-order valence-electron chi connectivity index (χ2n) is 4.74. The van der Waals surface area contributed by atoms with E-state index in [1.807, 2.05) is 0 Å². The Balaban J connectivity index is 2.38. The fourth-order valence-electron chi connectivity index (χ4n) is 2.38. The molecular formula is C14H12FNO2. The molecule has 0 amide bonds. The highest BCUT2D eigenvalue weighted by Gasteiger charge is 2.29. The van der Waals surface area contributed by atoms with Gasteiger partial charge >= 0.3 is 5.97 Å². The fraction of sp³-hybridized carbons (Fsp3) is 0.286. The van der Waals surface area contributed by atoms with Gasteiger partial charge in [-0.15, -0.1) is 0 Å². The maximum absolute atomic E-state index is 13.2. The van der Waals surface area contributed by atoms with Crippen LogP contribution in [0.4, 0.5) is 4.39 Å². The third kappa shape index (κ3) is 1.65. The molecule has 1 aromatic heterocycles. The smallest absolute Gasteiger partial charge is 0.336 e. The van der Waals surface area contributed by atoms with E-state index in [1.165, 1.54) is 18.2 Å². The molecule has 0 atom stereocenters. The van der Waals surface area contributed by atoms with Gasteiger partial charge in [-0.1, -0.05) is 0 Å². The molecule has 1 aliphatic carbocycles. The first-order valence-electron chi connectivity index (χ1n) is 5.91. The molecule has 2 aromatic rings. The number of halogens is 1. The van der Waals surface area contributed by atoms with Crippen LogP contribution in [0.25, 0.3) is 10.9 Å². The Morgan fingerprint density at radius 1 is 1.44 bits per heavy atom. The van der Waals surface area contributed by atoms with E-state index in [4.69, 9.17) is 0 Å². The van der Waals surface area contributed by atoms with Gasteiger partial charge in [0.15, 0.2) is 0 Å². The third-order valence-corrected chi connectivity index (χ3v) is 3.41. The zero-order chi connectivity index (χ0) is 12.9. The lowest BCUT2D eigenvalue weighted by molar-refractivity contribution is 0.0698. The highest BCUT2D eigenvalue weighted by atomic mass is 19.1. The summed E-state index contributed by atoms with van der Waals surface area (Å²) < 4.78 is 13.2. The summed E-state index contributed by atoms with van der Waals surface area (Å²) in [5.41, 5.74) is 2.21. The molecule has 0 bridgehead atoms. The third-order valence-electron chi connectivity index (χ3n) is 3.41. The number of carboxylic acids is 1. The van der Waals surface area contributed by atoms with Crippen molar-refractivity contribution in [3.8, 4) is 0 Å². The van der Waals surface area contributed by atoms with E-state index in [1.54, 1.807) is 6.92 Å². The first-order valence-corrected chi connectivity index (χ1v) is 5.91. The summed E-state index contributed by atoms with van der Waals surface area (Å²) in [6.07, 6.45) is 2.07. The fourth-order valence-corrected chi connectivity index (χ4v) is 2.38. The number of aromatic nitrogens is 1. The zero-order valence-corrected chi connectivity index (χ0v) is 9.90. The summed E-state index contributed by atoms with van der Waals surface area (Å²) in [6, 6.07) is 4.06. The number of nitrogens with zero attached hydrogens (tertiary/aromatic N) is 1. The first-order chi connectivity index (χ1) is 8.58. The lowest BCUT2D eigenvalue weighted by atomic mass is 9.99. The van der Waals surface area contributed by atoms with Crippen molar-refractivity contribution in [3.63, 3.8) is 0 Å². The van der Waals surface area contributed by atoms with Gasteiger partial charge in [0.05, 0.1) is 11.1 Å². The van der Waals surface area contributed by atoms with Gasteiger partial charge < -0.3 is 5.11 Å². The standard InChI is InChI=1S/C14H12FNO2/c1-7-12(14(17)18)10-5-4-9(15)6-11(10)16-13(7)8-2-3-8/h4-6,8H,2-3H2,1H3,(H,17,18). The second-order valence-corrected chi connectivity index (χ2v) is 4.74. The predicted octanol–water partition coefficient (Wildman–Crippen LogP) is 3.26. The minimum absolute atomic E-state index is 0.252. The normalized spacial score (nSPS) is 15.0. The zero-order valence-electron chi connectivity index (χ0n) is 9.90. The van der Waals surface area contributed by atoms with Crippen LogP contribution in [0.1, 0.15) is 40.4 Å². The SMILES string of the molecule is Cc1c(C2CC2)nc2cc(F)ccc2c1C(=O)O. The average Bonchev–Trinajstić information content (AvgIpc) is 3.12. The highest BCUT2D eigenvalue weighted by Crippen LogP contribution is 2.42. The molecule has 1 fully saturated rings. The number of rotatable bonds is 2. The van der Waals surface area contributed by atoms with Crippen LogP contribution in [-0.2, 0) is 0 Å². The van der Waals surface area contributed by atoms with Crippen molar-refractivity contribution in [1.82, 2.24) is 4.98 Å². The molecule has 1 heterocycles. The first kappa shape index (κ1) is 11.1. The summed E-state index contributed by atoms with van der Waals surface area (Å²) in [7, 11) is 0. The molecule has 92 valence electrons. The number of benzene rings is 1. The van der Waals surface area contributed by atoms with Crippen LogP contribution < -0.4 is 0 Å². The van der Waals surface area contributed by atoms with E-state index in [9.17, 15) is 14.3 Å². The molecule has 3 nitrogen and oxygen atoms in total. The van der Waals surface area contributed by atoms with Crippen molar-refractivity contribution in [2.45, 2.75) is 25.7 Å². The number of carbonyl (C=O) groups is 1. The lowest BCUT2D eigenvalue weighted by Gasteiger charge is -2.11. The Hall–Kier alpha value is -1.97. The van der Waals surface area contributed by atoms with Gasteiger partial charge in [-0.05, 0) is 37.5 Å². The predicted molar refractivity (Wildman–Crippen MR) is 65.4 cm³/mol. The van der Waals surface area contributed by atoms with Crippen molar-refractivity contribution in [1.29, 1.82) is 0 Å². The molecule has 1 aliphatic rings. The van der Waals surface area contributed by atoms with Crippen LogP contribution in [0.3, 0.4) is 0 Å². The van der Waals surface area contributed by atoms with Crippen LogP contribution in [0, 0.1) is 12.7 Å². The summed E-state index contributed by atoms with van der Waals surface area (Å²) in [5.74, 6) is -1.03. The van der Waals surface area contributed by atoms with E-state index in [-0.39, 0.29) is 5.56 Å². The second kappa shape index (κ2) is 3.77. The Morgan fingerprint density at radius 3 is 2.78 bits per heavy atom. The average molecular weight is 245 g/mol. The van der Waals surface area contributed by atoms with E-state index in [0.717, 1.165) is 18.5 Å².